The monoisotopic (exact) mass is 1220 g/mol. The van der Waals surface area contributed by atoms with Gasteiger partial charge in [0.25, 0.3) is 11.8 Å². The first-order valence-corrected chi connectivity index (χ1v) is 29.9. The summed E-state index contributed by atoms with van der Waals surface area (Å²) in [6.07, 6.45) is 4.84. The Morgan fingerprint density at radius 3 is 1.25 bits per heavy atom. The van der Waals surface area contributed by atoms with Crippen molar-refractivity contribution >= 4 is 73.6 Å². The van der Waals surface area contributed by atoms with Gasteiger partial charge in [-0.1, -0.05) is 147 Å². The number of nitrogens with zero attached hydrogens (tertiary/aromatic N) is 4. The lowest BCUT2D eigenvalue weighted by Crippen LogP contribution is -2.60. The van der Waals surface area contributed by atoms with Crippen LogP contribution < -0.4 is 5.73 Å². The Hall–Kier alpha value is -9.91. The van der Waals surface area contributed by atoms with Crippen molar-refractivity contribution in [3.63, 3.8) is 0 Å². The van der Waals surface area contributed by atoms with Crippen LogP contribution in [-0.4, -0.2) is 142 Å². The number of aromatic nitrogens is 2. The smallest absolute Gasteiger partial charge is 0.404 e. The summed E-state index contributed by atoms with van der Waals surface area (Å²) >= 11 is 0. The molecule has 22 nitrogen and oxygen atoms in total. The molecule has 87 heavy (non-hydrogen) atoms. The number of fused-ring (bicyclic) bond motifs is 2. The van der Waals surface area contributed by atoms with E-state index in [0.717, 1.165) is 9.80 Å². The molecule has 3 amide bonds. The predicted octanol–water partition coefficient (Wildman–Crippen LogP) is 5.82. The minimum absolute atomic E-state index is 0.00201. The molecule has 0 spiro atoms. The van der Waals surface area contributed by atoms with Crippen LogP contribution in [0.25, 0.3) is 12.2 Å². The van der Waals surface area contributed by atoms with Crippen LogP contribution in [0.5, 0.6) is 0 Å². The molecule has 0 unspecified atom stereocenters. The number of carbonyl (C=O) groups is 7. The summed E-state index contributed by atoms with van der Waals surface area (Å²) in [5.41, 5.74) is 7.86. The first-order chi connectivity index (χ1) is 41.6. The molecule has 2 aromatic heterocycles. The van der Waals surface area contributed by atoms with E-state index < -0.39 is 119 Å². The van der Waals surface area contributed by atoms with Gasteiger partial charge in [0.2, 0.25) is 0 Å². The minimum atomic E-state index is -4.45. The van der Waals surface area contributed by atoms with Gasteiger partial charge in [-0.05, 0) is 72.5 Å². The number of amides is 3. The fourth-order valence-electron chi connectivity index (χ4n) is 10.6. The Bertz CT molecular complexity index is 3900. The van der Waals surface area contributed by atoms with E-state index in [4.69, 9.17) is 29.4 Å². The van der Waals surface area contributed by atoms with Crippen LogP contribution >= 0.6 is 0 Å². The average Bonchev–Trinajstić information content (AvgIpc) is 1.53. The molecule has 10 rings (SSSR count). The molecule has 0 bridgehead atoms. The number of benzene rings is 4. The lowest BCUT2D eigenvalue weighted by Gasteiger charge is -2.39. The maximum Gasteiger partial charge on any atom is 0.404 e. The van der Waals surface area contributed by atoms with Crippen molar-refractivity contribution in [1.82, 2.24) is 19.8 Å². The summed E-state index contributed by atoms with van der Waals surface area (Å²) in [5.74, 6) is -4.79. The zero-order valence-corrected chi connectivity index (χ0v) is 48.3. The molecule has 6 atom stereocenters. The molecule has 6 aromatic rings. The number of pyridine rings is 2. The highest BCUT2D eigenvalue weighted by Crippen LogP contribution is 2.51. The summed E-state index contributed by atoms with van der Waals surface area (Å²) in [7, 11) is -8.77. The minimum Gasteiger partial charge on any atom is -0.458 e. The number of esters is 4. The van der Waals surface area contributed by atoms with Gasteiger partial charge in [0, 0.05) is 12.4 Å². The third-order valence-electron chi connectivity index (χ3n) is 15.0. The van der Waals surface area contributed by atoms with Crippen LogP contribution in [0.15, 0.2) is 194 Å². The fourth-order valence-corrected chi connectivity index (χ4v) is 15.1. The number of hydrogen-bond acceptors (Lipinski definition) is 19. The van der Waals surface area contributed by atoms with Crippen molar-refractivity contribution in [2.24, 2.45) is 5.73 Å². The molecule has 0 saturated carbocycles. The predicted molar refractivity (Wildman–Crippen MR) is 313 cm³/mol. The van der Waals surface area contributed by atoms with Crippen molar-refractivity contribution in [2.75, 3.05) is 26.4 Å². The van der Waals surface area contributed by atoms with Gasteiger partial charge in [-0.3, -0.25) is 19.6 Å². The number of primary amides is 1. The molecule has 4 aliphatic rings. The van der Waals surface area contributed by atoms with Gasteiger partial charge >= 0.3 is 30.0 Å². The summed E-state index contributed by atoms with van der Waals surface area (Å²) in [6, 6.07) is 37.7. The standard InChI is InChI=1S/C32H29N3O9S.C31H28N2O8S/c1-3-16-42-29(37)22-14-15-34-23(17-22)18-24-27(36)35-26(32(2,19-43-31(33)39)45(40,41)28(24)35)30(38)44-25(20-10-6-4-7-11-20)21-12-8-5-9-13-21;1-3-16-40-29(36)22-14-15-32-23(17-22)18-24-27(35)33-26(31(2,19-34)42(38,39)28(24)33)30(37)41-25(20-10-6-4-7-11-20)21-12-8-5-9-13-21/h3-15,17-18,25-26,28H,1,16,19H2,2H3,(H2,33,39);3-15,17-18,25-26,28,34H,1,16,19H2,2H3/b2*24-18-/t26-,28+,32-;26-,28+,31-/m00/s1. The second kappa shape index (κ2) is 25.4. The second-order valence-electron chi connectivity index (χ2n) is 20.6. The van der Waals surface area contributed by atoms with Crippen molar-refractivity contribution in [3.8, 4) is 0 Å². The Morgan fingerprint density at radius 2 is 0.920 bits per heavy atom. The summed E-state index contributed by atoms with van der Waals surface area (Å²) in [6.45, 7) is 7.64. The van der Waals surface area contributed by atoms with Crippen LogP contribution in [0, 0.1) is 0 Å². The van der Waals surface area contributed by atoms with Gasteiger partial charge < -0.3 is 44.3 Å². The lowest BCUT2D eigenvalue weighted by atomic mass is 9.93. The number of ether oxygens (including phenoxy) is 5. The average molecular weight is 1220 g/mol. The van der Waals surface area contributed by atoms with E-state index in [1.54, 1.807) is 109 Å². The van der Waals surface area contributed by atoms with E-state index in [0.29, 0.717) is 22.3 Å². The number of sulfone groups is 2. The maximum atomic E-state index is 14.1. The van der Waals surface area contributed by atoms with Crippen molar-refractivity contribution in [1.29, 1.82) is 0 Å². The third-order valence-corrected chi connectivity index (χ3v) is 20.5. The molecule has 448 valence electrons. The second-order valence-corrected chi connectivity index (χ2v) is 25.5. The third kappa shape index (κ3) is 11.7. The molecule has 24 heteroatoms. The summed E-state index contributed by atoms with van der Waals surface area (Å²) < 4.78 is 78.5. The van der Waals surface area contributed by atoms with Crippen LogP contribution in [-0.2, 0) is 62.5 Å². The molecular weight excluding hydrogens is 1160 g/mol. The maximum absolute atomic E-state index is 14.1. The van der Waals surface area contributed by atoms with E-state index >= 15 is 0 Å². The zero-order chi connectivity index (χ0) is 62.4. The molecule has 3 N–H and O–H groups in total. The van der Waals surface area contributed by atoms with Crippen LogP contribution in [0.4, 0.5) is 4.79 Å². The van der Waals surface area contributed by atoms with Gasteiger partial charge in [-0.25, -0.2) is 40.8 Å². The van der Waals surface area contributed by atoms with Gasteiger partial charge in [0.1, 0.15) is 29.3 Å². The van der Waals surface area contributed by atoms with Gasteiger partial charge in [-0.2, -0.15) is 0 Å². The van der Waals surface area contributed by atoms with E-state index in [2.05, 4.69) is 23.1 Å². The number of β-lactam (4-membered cyclic amide) rings is 2. The molecular formula is C63H57N5O17S2. The number of nitrogens with two attached hydrogens (primary N) is 1. The summed E-state index contributed by atoms with van der Waals surface area (Å²) in [4.78, 5) is 101. The molecule has 4 aliphatic heterocycles. The highest BCUT2D eigenvalue weighted by molar-refractivity contribution is 7.94. The molecule has 4 aromatic carbocycles. The highest BCUT2D eigenvalue weighted by atomic mass is 32.2. The fraction of sp³-hybridized carbons (Fsp3) is 0.222. The van der Waals surface area contributed by atoms with Gasteiger partial charge in [0.15, 0.2) is 54.7 Å². The Kier molecular flexibility index (Phi) is 18.0. The molecule has 6 heterocycles. The quantitative estimate of drug-likeness (QED) is 0.0317. The lowest BCUT2D eigenvalue weighted by molar-refractivity contribution is -0.161. The van der Waals surface area contributed by atoms with Crippen molar-refractivity contribution in [2.45, 2.75) is 58.4 Å². The van der Waals surface area contributed by atoms with Crippen LogP contribution in [0.2, 0.25) is 0 Å². The van der Waals surface area contributed by atoms with Crippen molar-refractivity contribution < 1.29 is 79.2 Å². The number of aliphatic hydroxyl groups excluding tert-OH is 1. The molecule has 4 fully saturated rings. The first-order valence-electron chi connectivity index (χ1n) is 26.8. The van der Waals surface area contributed by atoms with E-state index in [9.17, 15) is 55.5 Å². The van der Waals surface area contributed by atoms with E-state index in [-0.39, 0.29) is 46.9 Å². The SMILES string of the molecule is C=CCOC(=O)c1ccnc(/C=C2/C(=O)N3[C@@H](C(=O)OC(c4ccccc4)c4ccccc4)[C@](C)(CO)S(=O)(=O)[C@H]23)c1.C=CCOC(=O)c1ccnc(/C=C2/C(=O)N3[C@@H](C(=O)OC(c4ccccc4)c4ccccc4)[C@](C)(COC(N)=O)S(=O)(=O)[C@H]23)c1. The van der Waals surface area contributed by atoms with E-state index in [1.807, 2.05) is 12.1 Å². The Labute approximate surface area is 500 Å². The van der Waals surface area contributed by atoms with Crippen LogP contribution in [0.1, 0.15) is 80.4 Å². The summed E-state index contributed by atoms with van der Waals surface area (Å²) in [5, 5.41) is 7.23. The molecule has 4 saturated heterocycles. The normalized spacial score (nSPS) is 22.8. The van der Waals surface area contributed by atoms with E-state index in [1.165, 1.54) is 74.8 Å². The number of carbonyl (C=O) groups excluding carboxylic acids is 7. The number of hydrogen-bond donors (Lipinski definition) is 2. The number of aliphatic hydroxyl groups is 1. The topological polar surface area (TPSA) is 312 Å². The van der Waals surface area contributed by atoms with Gasteiger partial charge in [-0.15, -0.1) is 0 Å². The molecule has 0 aliphatic carbocycles. The first kappa shape index (κ1) is 61.6. The van der Waals surface area contributed by atoms with Gasteiger partial charge in [0.05, 0.1) is 40.3 Å². The molecule has 0 radical (unpaired) electrons. The Balaban J connectivity index is 0.000000208. The van der Waals surface area contributed by atoms with Crippen LogP contribution in [0.3, 0.4) is 0 Å². The zero-order valence-electron chi connectivity index (χ0n) is 46.7. The highest BCUT2D eigenvalue weighted by Gasteiger charge is 2.74. The Morgan fingerprint density at radius 1 is 0.575 bits per heavy atom. The largest absolute Gasteiger partial charge is 0.458 e. The number of rotatable bonds is 19. The van der Waals surface area contributed by atoms with Crippen molar-refractivity contribution in [3.05, 3.63) is 239 Å².